The largest absolute Gasteiger partial charge is 0.352 e. The van der Waals surface area contributed by atoms with Crippen molar-refractivity contribution < 1.29 is 9.59 Å². The van der Waals surface area contributed by atoms with Crippen LogP contribution in [0.1, 0.15) is 21.5 Å². The van der Waals surface area contributed by atoms with Crippen molar-refractivity contribution in [2.24, 2.45) is 0 Å². The molecule has 24 heavy (non-hydrogen) atoms. The maximum Gasteiger partial charge on any atom is 0.251 e. The lowest BCUT2D eigenvalue weighted by molar-refractivity contribution is -0.111. The Bertz CT molecular complexity index is 798. The number of carbonyl (C=O) groups excluding carboxylic acids is 2. The van der Waals surface area contributed by atoms with E-state index in [1.165, 1.54) is 11.0 Å². The lowest BCUT2D eigenvalue weighted by atomic mass is 10.00. The molecule has 5 heteroatoms. The van der Waals surface area contributed by atoms with E-state index in [4.69, 9.17) is 0 Å². The SMILES string of the molecule is CSc1ccc(C=CC(=O)Nc2ccc3c(c2)C(=O)NCC3)cc1. The second-order valence-electron chi connectivity index (χ2n) is 5.47. The molecule has 2 amide bonds. The number of hydrogen-bond acceptors (Lipinski definition) is 3. The highest BCUT2D eigenvalue weighted by Crippen LogP contribution is 2.19. The molecule has 0 atom stereocenters. The van der Waals surface area contributed by atoms with Gasteiger partial charge in [-0.25, -0.2) is 0 Å². The molecule has 0 unspecified atom stereocenters. The lowest BCUT2D eigenvalue weighted by Gasteiger charge is -2.17. The number of rotatable bonds is 4. The Kier molecular flexibility index (Phi) is 5.01. The molecule has 1 aliphatic heterocycles. The van der Waals surface area contributed by atoms with Gasteiger partial charge in [-0.1, -0.05) is 18.2 Å². The minimum absolute atomic E-state index is 0.0863. The van der Waals surface area contributed by atoms with Crippen LogP contribution in [0.3, 0.4) is 0 Å². The summed E-state index contributed by atoms with van der Waals surface area (Å²) in [6.07, 6.45) is 6.11. The Hall–Kier alpha value is -2.53. The van der Waals surface area contributed by atoms with E-state index in [0.29, 0.717) is 17.8 Å². The van der Waals surface area contributed by atoms with E-state index >= 15 is 0 Å². The van der Waals surface area contributed by atoms with Crippen LogP contribution in [0.2, 0.25) is 0 Å². The third-order valence-corrected chi connectivity index (χ3v) is 4.59. The summed E-state index contributed by atoms with van der Waals surface area (Å²) in [5, 5.41) is 5.60. The molecule has 0 aliphatic carbocycles. The number of nitrogens with one attached hydrogen (secondary N) is 2. The summed E-state index contributed by atoms with van der Waals surface area (Å²) in [5.41, 5.74) is 3.24. The zero-order valence-electron chi connectivity index (χ0n) is 13.3. The van der Waals surface area contributed by atoms with Gasteiger partial charge in [0, 0.05) is 28.8 Å². The lowest BCUT2D eigenvalue weighted by Crippen LogP contribution is -2.31. The molecule has 0 bridgehead atoms. The van der Waals surface area contributed by atoms with Crippen LogP contribution in [0.15, 0.2) is 53.4 Å². The van der Waals surface area contributed by atoms with Gasteiger partial charge in [0.1, 0.15) is 0 Å². The smallest absolute Gasteiger partial charge is 0.251 e. The molecule has 2 aromatic carbocycles. The third-order valence-electron chi connectivity index (χ3n) is 3.84. The van der Waals surface area contributed by atoms with Crippen LogP contribution in [0.25, 0.3) is 6.08 Å². The average Bonchev–Trinajstić information content (AvgIpc) is 2.61. The van der Waals surface area contributed by atoms with E-state index in [0.717, 1.165) is 17.5 Å². The predicted molar refractivity (Wildman–Crippen MR) is 98.4 cm³/mol. The highest BCUT2D eigenvalue weighted by Gasteiger charge is 2.16. The van der Waals surface area contributed by atoms with E-state index in [1.807, 2.05) is 42.7 Å². The molecule has 2 N–H and O–H groups in total. The van der Waals surface area contributed by atoms with E-state index in [2.05, 4.69) is 10.6 Å². The summed E-state index contributed by atoms with van der Waals surface area (Å²) in [7, 11) is 0. The van der Waals surface area contributed by atoms with Gasteiger partial charge in [0.25, 0.3) is 5.91 Å². The Labute approximate surface area is 145 Å². The number of anilines is 1. The summed E-state index contributed by atoms with van der Waals surface area (Å²) in [6, 6.07) is 13.4. The molecule has 0 fully saturated rings. The first-order chi connectivity index (χ1) is 11.7. The third kappa shape index (κ3) is 3.86. The quantitative estimate of drug-likeness (QED) is 0.664. The van der Waals surface area contributed by atoms with Gasteiger partial charge in [-0.3, -0.25) is 9.59 Å². The summed E-state index contributed by atoms with van der Waals surface area (Å²) < 4.78 is 0. The molecule has 2 aromatic rings. The van der Waals surface area contributed by atoms with Crippen LogP contribution in [0.5, 0.6) is 0 Å². The Morgan fingerprint density at radius 2 is 2.00 bits per heavy atom. The van der Waals surface area contributed by atoms with Crippen LogP contribution >= 0.6 is 11.8 Å². The van der Waals surface area contributed by atoms with Crippen LogP contribution in [-0.2, 0) is 11.2 Å². The van der Waals surface area contributed by atoms with Crippen LogP contribution in [0.4, 0.5) is 5.69 Å². The molecule has 0 saturated heterocycles. The topological polar surface area (TPSA) is 58.2 Å². The second-order valence-corrected chi connectivity index (χ2v) is 6.35. The number of benzene rings is 2. The van der Waals surface area contributed by atoms with Gasteiger partial charge in [0.15, 0.2) is 0 Å². The zero-order chi connectivity index (χ0) is 16.9. The molecular formula is C19H18N2O2S. The average molecular weight is 338 g/mol. The molecule has 3 rings (SSSR count). The zero-order valence-corrected chi connectivity index (χ0v) is 14.2. The number of hydrogen-bond donors (Lipinski definition) is 2. The van der Waals surface area contributed by atoms with Crippen LogP contribution < -0.4 is 10.6 Å². The molecule has 4 nitrogen and oxygen atoms in total. The summed E-state index contributed by atoms with van der Waals surface area (Å²) in [4.78, 5) is 25.1. The maximum absolute atomic E-state index is 12.1. The second kappa shape index (κ2) is 7.36. The van der Waals surface area contributed by atoms with Crippen LogP contribution in [0, 0.1) is 0 Å². The molecular weight excluding hydrogens is 320 g/mol. The first-order valence-corrected chi connectivity index (χ1v) is 8.92. The van der Waals surface area contributed by atoms with Gasteiger partial charge in [0.2, 0.25) is 5.91 Å². The van der Waals surface area contributed by atoms with E-state index in [9.17, 15) is 9.59 Å². The van der Waals surface area contributed by atoms with E-state index in [1.54, 1.807) is 23.9 Å². The van der Waals surface area contributed by atoms with Crippen molar-refractivity contribution in [2.45, 2.75) is 11.3 Å². The normalized spacial score (nSPS) is 13.5. The van der Waals surface area contributed by atoms with Crippen molar-refractivity contribution in [3.05, 3.63) is 65.2 Å². The van der Waals surface area contributed by atoms with Crippen molar-refractivity contribution in [2.75, 3.05) is 18.1 Å². The fourth-order valence-electron chi connectivity index (χ4n) is 2.56. The molecule has 0 aromatic heterocycles. The van der Waals surface area contributed by atoms with E-state index < -0.39 is 0 Å². The number of carbonyl (C=O) groups is 2. The van der Waals surface area contributed by atoms with Gasteiger partial charge in [0.05, 0.1) is 0 Å². The van der Waals surface area contributed by atoms with Crippen LogP contribution in [-0.4, -0.2) is 24.6 Å². The predicted octanol–water partition coefficient (Wildman–Crippen LogP) is 3.35. The summed E-state index contributed by atoms with van der Waals surface area (Å²) in [6.45, 7) is 0.662. The molecule has 0 spiro atoms. The van der Waals surface area contributed by atoms with Crippen molar-refractivity contribution in [1.29, 1.82) is 0 Å². The highest BCUT2D eigenvalue weighted by atomic mass is 32.2. The van der Waals surface area contributed by atoms with Gasteiger partial charge in [-0.2, -0.15) is 0 Å². The van der Waals surface area contributed by atoms with Crippen molar-refractivity contribution in [3.63, 3.8) is 0 Å². The minimum atomic E-state index is -0.222. The van der Waals surface area contributed by atoms with Gasteiger partial charge in [-0.05, 0) is 54.1 Å². The number of fused-ring (bicyclic) bond motifs is 1. The van der Waals surface area contributed by atoms with Crippen molar-refractivity contribution in [3.8, 4) is 0 Å². The first kappa shape index (κ1) is 16.3. The first-order valence-electron chi connectivity index (χ1n) is 7.70. The fourth-order valence-corrected chi connectivity index (χ4v) is 2.97. The fraction of sp³-hybridized carbons (Fsp3) is 0.158. The Morgan fingerprint density at radius 3 is 2.75 bits per heavy atom. The summed E-state index contributed by atoms with van der Waals surface area (Å²) >= 11 is 1.68. The minimum Gasteiger partial charge on any atom is -0.352 e. The molecule has 1 aliphatic rings. The highest BCUT2D eigenvalue weighted by molar-refractivity contribution is 7.98. The number of amides is 2. The molecule has 0 radical (unpaired) electrons. The molecule has 122 valence electrons. The van der Waals surface area contributed by atoms with Gasteiger partial charge in [-0.15, -0.1) is 11.8 Å². The monoisotopic (exact) mass is 338 g/mol. The Morgan fingerprint density at radius 1 is 1.21 bits per heavy atom. The maximum atomic E-state index is 12.1. The Balaban J connectivity index is 1.67. The van der Waals surface area contributed by atoms with E-state index in [-0.39, 0.29) is 11.8 Å². The number of thioether (sulfide) groups is 1. The van der Waals surface area contributed by atoms with Crippen molar-refractivity contribution >= 4 is 35.3 Å². The van der Waals surface area contributed by atoms with Gasteiger partial charge >= 0.3 is 0 Å². The molecule has 1 heterocycles. The van der Waals surface area contributed by atoms with Gasteiger partial charge < -0.3 is 10.6 Å². The molecule has 0 saturated carbocycles. The standard InChI is InChI=1S/C19H18N2O2S/c1-24-16-7-2-13(3-8-16)4-9-18(22)21-15-6-5-14-10-11-20-19(23)17(14)12-15/h2-9,12H,10-11H2,1H3,(H,20,23)(H,21,22). The van der Waals surface area contributed by atoms with Crippen molar-refractivity contribution in [1.82, 2.24) is 5.32 Å². The summed E-state index contributed by atoms with van der Waals surface area (Å²) in [5.74, 6) is -0.308.